The molecule has 0 amide bonds. The molecule has 144 valence electrons. The monoisotopic (exact) mass is 371 g/mol. The largest absolute Gasteiger partial charge is 0.493 e. The fourth-order valence-electron chi connectivity index (χ4n) is 2.30. The standard InChI is InChI=1S/C19H25N5O3/c20-18(21)13-1-5-16(6-2-13)26-11-9-15(25)10-12-27-17-7-3-14(4-8-17)19(22)24-23/h1-8,15,25H,9-12,23H2,(H3,20,21)(H2,22,24). The van der Waals surface area contributed by atoms with Crippen LogP contribution in [0.4, 0.5) is 0 Å². The van der Waals surface area contributed by atoms with Crippen molar-refractivity contribution in [2.24, 2.45) is 22.4 Å². The minimum Gasteiger partial charge on any atom is -0.493 e. The highest BCUT2D eigenvalue weighted by atomic mass is 16.5. The number of aliphatic hydroxyl groups is 1. The maximum Gasteiger partial charge on any atom is 0.150 e. The van der Waals surface area contributed by atoms with E-state index in [1.165, 1.54) is 0 Å². The third-order valence-corrected chi connectivity index (χ3v) is 3.89. The highest BCUT2D eigenvalue weighted by molar-refractivity contribution is 5.97. The van der Waals surface area contributed by atoms with Gasteiger partial charge < -0.3 is 31.9 Å². The highest BCUT2D eigenvalue weighted by Gasteiger charge is 2.06. The van der Waals surface area contributed by atoms with Crippen molar-refractivity contribution in [2.75, 3.05) is 13.2 Å². The van der Waals surface area contributed by atoms with Crippen LogP contribution in [0.1, 0.15) is 24.0 Å². The first-order valence-electron chi connectivity index (χ1n) is 8.51. The number of rotatable bonds is 10. The van der Waals surface area contributed by atoms with Crippen LogP contribution in [-0.4, -0.2) is 36.1 Å². The molecule has 0 saturated carbocycles. The number of hydrazone groups is 1. The number of hydrogen-bond donors (Lipinski definition) is 5. The van der Waals surface area contributed by atoms with Gasteiger partial charge >= 0.3 is 0 Å². The van der Waals surface area contributed by atoms with Crippen LogP contribution in [0.3, 0.4) is 0 Å². The van der Waals surface area contributed by atoms with E-state index in [0.29, 0.717) is 43.1 Å². The fourth-order valence-corrected chi connectivity index (χ4v) is 2.30. The fraction of sp³-hybridized carbons (Fsp3) is 0.263. The first-order valence-corrected chi connectivity index (χ1v) is 8.51. The third-order valence-electron chi connectivity index (χ3n) is 3.89. The molecule has 0 heterocycles. The van der Waals surface area contributed by atoms with E-state index in [0.717, 1.165) is 5.56 Å². The number of amidine groups is 2. The summed E-state index contributed by atoms with van der Waals surface area (Å²) < 4.78 is 11.2. The van der Waals surface area contributed by atoms with Crippen LogP contribution in [0.15, 0.2) is 53.6 Å². The Morgan fingerprint density at radius 1 is 0.889 bits per heavy atom. The van der Waals surface area contributed by atoms with E-state index in [1.807, 2.05) is 0 Å². The third kappa shape index (κ3) is 6.52. The van der Waals surface area contributed by atoms with Gasteiger partial charge in [0, 0.05) is 24.0 Å². The molecule has 8 heteroatoms. The summed E-state index contributed by atoms with van der Waals surface area (Å²) in [5.41, 5.74) is 12.4. The molecular weight excluding hydrogens is 346 g/mol. The van der Waals surface area contributed by atoms with Gasteiger partial charge in [-0.1, -0.05) is 0 Å². The van der Waals surface area contributed by atoms with E-state index in [-0.39, 0.29) is 11.7 Å². The Morgan fingerprint density at radius 3 is 1.74 bits per heavy atom. The van der Waals surface area contributed by atoms with Gasteiger partial charge in [0.25, 0.3) is 0 Å². The summed E-state index contributed by atoms with van der Waals surface area (Å²) in [5.74, 6) is 6.75. The van der Waals surface area contributed by atoms with Crippen molar-refractivity contribution < 1.29 is 14.6 Å². The van der Waals surface area contributed by atoms with Crippen LogP contribution in [0.25, 0.3) is 0 Å². The maximum absolute atomic E-state index is 10.0. The van der Waals surface area contributed by atoms with E-state index in [1.54, 1.807) is 48.5 Å². The van der Waals surface area contributed by atoms with E-state index < -0.39 is 6.10 Å². The van der Waals surface area contributed by atoms with Crippen LogP contribution in [-0.2, 0) is 0 Å². The number of nitrogens with zero attached hydrogens (tertiary/aromatic N) is 1. The van der Waals surface area contributed by atoms with Gasteiger partial charge in [0.2, 0.25) is 0 Å². The number of hydrogen-bond acceptors (Lipinski definition) is 6. The number of nitrogens with two attached hydrogens (primary N) is 3. The quantitative estimate of drug-likeness (QED) is 0.183. The van der Waals surface area contributed by atoms with Crippen LogP contribution in [0.2, 0.25) is 0 Å². The molecule has 0 spiro atoms. The van der Waals surface area contributed by atoms with Gasteiger partial charge in [0.15, 0.2) is 0 Å². The molecule has 27 heavy (non-hydrogen) atoms. The Balaban J connectivity index is 1.66. The smallest absolute Gasteiger partial charge is 0.150 e. The van der Waals surface area contributed by atoms with Crippen molar-refractivity contribution in [3.63, 3.8) is 0 Å². The van der Waals surface area contributed by atoms with Crippen molar-refractivity contribution in [2.45, 2.75) is 18.9 Å². The summed E-state index contributed by atoms with van der Waals surface area (Å²) in [7, 11) is 0. The van der Waals surface area contributed by atoms with Gasteiger partial charge in [-0.15, -0.1) is 0 Å². The molecule has 2 rings (SSSR count). The number of nitrogen functional groups attached to an aromatic ring is 1. The Labute approximate surface area is 158 Å². The summed E-state index contributed by atoms with van der Waals surface area (Å²) in [6.45, 7) is 0.765. The Morgan fingerprint density at radius 2 is 1.33 bits per heavy atom. The van der Waals surface area contributed by atoms with E-state index in [2.05, 4.69) is 5.10 Å². The Hall–Kier alpha value is -3.26. The number of nitrogens with one attached hydrogen (secondary N) is 1. The summed E-state index contributed by atoms with van der Waals surface area (Å²) in [6, 6.07) is 14.0. The SMILES string of the molecule is N=C(N)c1ccc(OCCC(O)CCOc2ccc(C(N)=NN)cc2)cc1. The predicted molar refractivity (Wildman–Crippen MR) is 105 cm³/mol. The van der Waals surface area contributed by atoms with Gasteiger partial charge in [0.1, 0.15) is 23.2 Å². The normalized spacial score (nSPS) is 12.4. The van der Waals surface area contributed by atoms with E-state index >= 15 is 0 Å². The molecule has 1 atom stereocenters. The molecule has 0 saturated heterocycles. The van der Waals surface area contributed by atoms with Crippen molar-refractivity contribution in [1.82, 2.24) is 0 Å². The Bertz CT molecular complexity index is 760. The summed E-state index contributed by atoms with van der Waals surface area (Å²) >= 11 is 0. The lowest BCUT2D eigenvalue weighted by molar-refractivity contribution is 0.113. The lowest BCUT2D eigenvalue weighted by Gasteiger charge is -2.13. The topological polar surface area (TPSA) is 153 Å². The molecule has 1 unspecified atom stereocenters. The zero-order valence-electron chi connectivity index (χ0n) is 15.0. The second kappa shape index (κ2) is 10.0. The van der Waals surface area contributed by atoms with Gasteiger partial charge in [-0.2, -0.15) is 5.10 Å². The summed E-state index contributed by atoms with van der Waals surface area (Å²) in [6.07, 6.45) is 0.446. The first-order chi connectivity index (χ1) is 13.0. The predicted octanol–water partition coefficient (Wildman–Crippen LogP) is 1.15. The second-order valence-electron chi connectivity index (χ2n) is 5.90. The average Bonchev–Trinajstić information content (AvgIpc) is 2.68. The summed E-state index contributed by atoms with van der Waals surface area (Å²) in [5, 5.41) is 20.8. The van der Waals surface area contributed by atoms with Crippen molar-refractivity contribution in [3.8, 4) is 11.5 Å². The molecule has 8 N–H and O–H groups in total. The minimum atomic E-state index is -0.527. The molecule has 0 aromatic heterocycles. The van der Waals surface area contributed by atoms with Gasteiger partial charge in [-0.3, -0.25) is 5.41 Å². The van der Waals surface area contributed by atoms with Crippen molar-refractivity contribution in [1.29, 1.82) is 5.41 Å². The Kier molecular flexibility index (Phi) is 7.45. The molecule has 0 bridgehead atoms. The molecule has 2 aromatic rings. The molecule has 0 aliphatic heterocycles. The van der Waals surface area contributed by atoms with Crippen LogP contribution >= 0.6 is 0 Å². The van der Waals surface area contributed by atoms with Crippen molar-refractivity contribution in [3.05, 3.63) is 59.7 Å². The number of aliphatic hydroxyl groups excluding tert-OH is 1. The van der Waals surface area contributed by atoms with Crippen LogP contribution in [0.5, 0.6) is 11.5 Å². The van der Waals surface area contributed by atoms with E-state index in [9.17, 15) is 5.11 Å². The molecule has 0 fully saturated rings. The number of benzene rings is 2. The van der Waals surface area contributed by atoms with Crippen LogP contribution < -0.4 is 26.8 Å². The summed E-state index contributed by atoms with van der Waals surface area (Å²) in [4.78, 5) is 0. The zero-order chi connectivity index (χ0) is 19.6. The molecule has 0 aliphatic carbocycles. The molecule has 2 aromatic carbocycles. The zero-order valence-corrected chi connectivity index (χ0v) is 15.0. The molecule has 0 aliphatic rings. The maximum atomic E-state index is 10.0. The lowest BCUT2D eigenvalue weighted by Crippen LogP contribution is -2.16. The first kappa shape index (κ1) is 20.1. The second-order valence-corrected chi connectivity index (χ2v) is 5.90. The van der Waals surface area contributed by atoms with Crippen molar-refractivity contribution >= 4 is 11.7 Å². The lowest BCUT2D eigenvalue weighted by atomic mass is 10.2. The molecular formula is C19H25N5O3. The van der Waals surface area contributed by atoms with Gasteiger partial charge in [0.05, 0.1) is 19.3 Å². The van der Waals surface area contributed by atoms with Gasteiger partial charge in [-0.05, 0) is 48.5 Å². The molecule has 8 nitrogen and oxygen atoms in total. The number of ether oxygens (including phenoxy) is 2. The molecule has 0 radical (unpaired) electrons. The van der Waals surface area contributed by atoms with Crippen LogP contribution in [0, 0.1) is 5.41 Å². The highest BCUT2D eigenvalue weighted by Crippen LogP contribution is 2.14. The minimum absolute atomic E-state index is 0.0163. The average molecular weight is 371 g/mol. The van der Waals surface area contributed by atoms with Gasteiger partial charge in [-0.25, -0.2) is 0 Å². The van der Waals surface area contributed by atoms with E-state index in [4.69, 9.17) is 32.2 Å².